The van der Waals surface area contributed by atoms with Gasteiger partial charge in [0, 0.05) is 26.6 Å². The molecule has 0 spiro atoms. The first-order chi connectivity index (χ1) is 8.69. The molecule has 2 heterocycles. The molecule has 2 fully saturated rings. The van der Waals surface area contributed by atoms with Crippen molar-refractivity contribution in [2.24, 2.45) is 11.8 Å². The van der Waals surface area contributed by atoms with Crippen molar-refractivity contribution >= 4 is 24.3 Å². The molecule has 2 saturated heterocycles. The molecule has 6 nitrogen and oxygen atoms in total. The number of hydrogen-bond donors (Lipinski definition) is 3. The van der Waals surface area contributed by atoms with Gasteiger partial charge < -0.3 is 15.5 Å². The molecular formula is C12H23ClN4O2. The maximum absolute atomic E-state index is 11.5. The largest absolute Gasteiger partial charge is 0.341 e. The number of urea groups is 1. The Balaban J connectivity index is 0.00000180. The Hall–Kier alpha value is -0.850. The Morgan fingerprint density at radius 1 is 1.32 bits per heavy atom. The van der Waals surface area contributed by atoms with Crippen molar-refractivity contribution in [1.29, 1.82) is 0 Å². The van der Waals surface area contributed by atoms with Crippen LogP contribution in [0.2, 0.25) is 0 Å². The van der Waals surface area contributed by atoms with E-state index >= 15 is 0 Å². The van der Waals surface area contributed by atoms with Gasteiger partial charge in [-0.25, -0.2) is 4.79 Å². The molecule has 0 aliphatic carbocycles. The third-order valence-electron chi connectivity index (χ3n) is 3.92. The number of fused-ring (bicyclic) bond motifs is 1. The SMILES string of the molecule is CNC(=O)NC(=O)CCN1CCC2CNCC2C1.Cl. The van der Waals surface area contributed by atoms with Crippen LogP contribution in [0.3, 0.4) is 0 Å². The smallest absolute Gasteiger partial charge is 0.321 e. The van der Waals surface area contributed by atoms with E-state index in [1.165, 1.54) is 13.5 Å². The second-order valence-electron chi connectivity index (χ2n) is 5.14. The van der Waals surface area contributed by atoms with Crippen LogP contribution < -0.4 is 16.0 Å². The molecule has 3 amide bonds. The van der Waals surface area contributed by atoms with Crippen LogP contribution in [0, 0.1) is 11.8 Å². The van der Waals surface area contributed by atoms with Gasteiger partial charge in [0.15, 0.2) is 0 Å². The topological polar surface area (TPSA) is 73.5 Å². The number of halogens is 1. The highest BCUT2D eigenvalue weighted by molar-refractivity contribution is 5.94. The van der Waals surface area contributed by atoms with Crippen LogP contribution in [-0.4, -0.2) is 56.6 Å². The van der Waals surface area contributed by atoms with Crippen LogP contribution in [0.4, 0.5) is 4.79 Å². The van der Waals surface area contributed by atoms with E-state index in [0.29, 0.717) is 6.42 Å². The Kier molecular flexibility index (Phi) is 6.54. The molecule has 0 radical (unpaired) electrons. The van der Waals surface area contributed by atoms with E-state index in [4.69, 9.17) is 0 Å². The van der Waals surface area contributed by atoms with Crippen molar-refractivity contribution in [2.45, 2.75) is 12.8 Å². The molecule has 2 unspecified atom stereocenters. The van der Waals surface area contributed by atoms with Gasteiger partial charge in [0.25, 0.3) is 0 Å². The number of carbonyl (C=O) groups is 2. The number of hydrogen-bond acceptors (Lipinski definition) is 4. The summed E-state index contributed by atoms with van der Waals surface area (Å²) in [4.78, 5) is 24.8. The number of nitrogens with zero attached hydrogens (tertiary/aromatic N) is 1. The quantitative estimate of drug-likeness (QED) is 0.673. The molecule has 0 aromatic carbocycles. The molecule has 0 bridgehead atoms. The highest BCUT2D eigenvalue weighted by atomic mass is 35.5. The molecule has 2 atom stereocenters. The Morgan fingerprint density at radius 2 is 2.05 bits per heavy atom. The first-order valence-electron chi connectivity index (χ1n) is 6.63. The number of carbonyl (C=O) groups excluding carboxylic acids is 2. The fourth-order valence-corrected chi connectivity index (χ4v) is 2.82. The summed E-state index contributed by atoms with van der Waals surface area (Å²) in [6.07, 6.45) is 1.60. The van der Waals surface area contributed by atoms with Crippen LogP contribution in [0.5, 0.6) is 0 Å². The third-order valence-corrected chi connectivity index (χ3v) is 3.92. The highest BCUT2D eigenvalue weighted by Crippen LogP contribution is 2.26. The summed E-state index contributed by atoms with van der Waals surface area (Å²) in [5.74, 6) is 1.35. The molecule has 110 valence electrons. The summed E-state index contributed by atoms with van der Waals surface area (Å²) in [5, 5.41) is 8.08. The number of amides is 3. The Morgan fingerprint density at radius 3 is 2.79 bits per heavy atom. The van der Waals surface area contributed by atoms with E-state index in [-0.39, 0.29) is 18.3 Å². The van der Waals surface area contributed by atoms with Gasteiger partial charge in [0.2, 0.25) is 5.91 Å². The Labute approximate surface area is 120 Å². The lowest BCUT2D eigenvalue weighted by atomic mass is 9.89. The number of nitrogens with one attached hydrogen (secondary N) is 3. The molecular weight excluding hydrogens is 268 g/mol. The van der Waals surface area contributed by atoms with Crippen molar-refractivity contribution in [3.05, 3.63) is 0 Å². The van der Waals surface area contributed by atoms with Crippen molar-refractivity contribution in [3.63, 3.8) is 0 Å². The second-order valence-corrected chi connectivity index (χ2v) is 5.14. The van der Waals surface area contributed by atoms with E-state index < -0.39 is 6.03 Å². The van der Waals surface area contributed by atoms with E-state index in [2.05, 4.69) is 20.9 Å². The average molecular weight is 291 g/mol. The maximum Gasteiger partial charge on any atom is 0.321 e. The predicted molar refractivity (Wildman–Crippen MR) is 75.4 cm³/mol. The first-order valence-corrected chi connectivity index (χ1v) is 6.63. The zero-order chi connectivity index (χ0) is 13.0. The van der Waals surface area contributed by atoms with Crippen LogP contribution in [0.25, 0.3) is 0 Å². The molecule has 0 saturated carbocycles. The van der Waals surface area contributed by atoms with E-state index in [1.54, 1.807) is 0 Å². The van der Waals surface area contributed by atoms with Crippen molar-refractivity contribution in [3.8, 4) is 0 Å². The molecule has 3 N–H and O–H groups in total. The van der Waals surface area contributed by atoms with Crippen molar-refractivity contribution in [2.75, 3.05) is 39.8 Å². The highest BCUT2D eigenvalue weighted by Gasteiger charge is 2.32. The maximum atomic E-state index is 11.5. The van der Waals surface area contributed by atoms with Crippen LogP contribution >= 0.6 is 12.4 Å². The lowest BCUT2D eigenvalue weighted by molar-refractivity contribution is -0.120. The fourth-order valence-electron chi connectivity index (χ4n) is 2.82. The van der Waals surface area contributed by atoms with Gasteiger partial charge >= 0.3 is 6.03 Å². The molecule has 0 aromatic heterocycles. The van der Waals surface area contributed by atoms with Gasteiger partial charge in [-0.1, -0.05) is 0 Å². The number of piperidine rings is 1. The summed E-state index contributed by atoms with van der Waals surface area (Å²) >= 11 is 0. The lowest BCUT2D eigenvalue weighted by Crippen LogP contribution is -2.43. The van der Waals surface area contributed by atoms with Gasteiger partial charge in [-0.05, 0) is 37.9 Å². The lowest BCUT2D eigenvalue weighted by Gasteiger charge is -2.34. The Bertz CT molecular complexity index is 327. The minimum absolute atomic E-state index is 0. The molecule has 2 rings (SSSR count). The van der Waals surface area contributed by atoms with Gasteiger partial charge in [-0.2, -0.15) is 0 Å². The average Bonchev–Trinajstić information content (AvgIpc) is 2.83. The van der Waals surface area contributed by atoms with Gasteiger partial charge in [-0.15, -0.1) is 12.4 Å². The molecule has 0 aromatic rings. The van der Waals surface area contributed by atoms with E-state index in [1.807, 2.05) is 0 Å². The minimum Gasteiger partial charge on any atom is -0.341 e. The third kappa shape index (κ3) is 4.63. The van der Waals surface area contributed by atoms with E-state index in [0.717, 1.165) is 44.6 Å². The first kappa shape index (κ1) is 16.2. The fraction of sp³-hybridized carbons (Fsp3) is 0.833. The standard InChI is InChI=1S/C12H22N4O2.ClH/c1-13-12(18)15-11(17)3-5-16-4-2-9-6-14-7-10(9)8-16;/h9-10,14H,2-8H2,1H3,(H2,13,15,17,18);1H. The van der Waals surface area contributed by atoms with E-state index in [9.17, 15) is 9.59 Å². The van der Waals surface area contributed by atoms with Gasteiger partial charge in [0.05, 0.1) is 0 Å². The number of rotatable bonds is 3. The van der Waals surface area contributed by atoms with Gasteiger partial charge in [0.1, 0.15) is 0 Å². The van der Waals surface area contributed by atoms with Crippen LogP contribution in [0.1, 0.15) is 12.8 Å². The zero-order valence-corrected chi connectivity index (χ0v) is 12.1. The molecule has 2 aliphatic rings. The zero-order valence-electron chi connectivity index (χ0n) is 11.3. The second kappa shape index (κ2) is 7.67. The summed E-state index contributed by atoms with van der Waals surface area (Å²) in [6, 6.07) is -0.432. The molecule has 19 heavy (non-hydrogen) atoms. The summed E-state index contributed by atoms with van der Waals surface area (Å²) < 4.78 is 0. The minimum atomic E-state index is -0.432. The van der Waals surface area contributed by atoms with Gasteiger partial charge in [-0.3, -0.25) is 10.1 Å². The number of likely N-dealkylation sites (tertiary alicyclic amines) is 1. The summed E-state index contributed by atoms with van der Waals surface area (Å²) in [5.41, 5.74) is 0. The predicted octanol–water partition coefficient (Wildman–Crippen LogP) is -0.205. The van der Waals surface area contributed by atoms with Crippen LogP contribution in [0.15, 0.2) is 0 Å². The number of imide groups is 1. The summed E-state index contributed by atoms with van der Waals surface area (Å²) in [7, 11) is 1.50. The van der Waals surface area contributed by atoms with Crippen molar-refractivity contribution in [1.82, 2.24) is 20.9 Å². The van der Waals surface area contributed by atoms with Crippen molar-refractivity contribution < 1.29 is 9.59 Å². The monoisotopic (exact) mass is 290 g/mol. The molecule has 7 heteroatoms. The normalized spacial score (nSPS) is 26.2. The summed E-state index contributed by atoms with van der Waals surface area (Å²) in [6.45, 7) is 5.13. The molecule has 2 aliphatic heterocycles. The van der Waals surface area contributed by atoms with Crippen LogP contribution in [-0.2, 0) is 4.79 Å².